The summed E-state index contributed by atoms with van der Waals surface area (Å²) in [5, 5.41) is 3.36. The summed E-state index contributed by atoms with van der Waals surface area (Å²) in [7, 11) is 0. The molecule has 1 aliphatic rings. The molecule has 1 aromatic carbocycles. The summed E-state index contributed by atoms with van der Waals surface area (Å²) < 4.78 is 14.5. The first-order valence-electron chi connectivity index (χ1n) is 6.73. The average molecular weight is 400 g/mol. The molecule has 1 saturated heterocycles. The van der Waals surface area contributed by atoms with Crippen LogP contribution in [0.3, 0.4) is 0 Å². The van der Waals surface area contributed by atoms with Crippen molar-refractivity contribution in [3.63, 3.8) is 0 Å². The van der Waals surface area contributed by atoms with Crippen molar-refractivity contribution in [2.45, 2.75) is 18.9 Å². The molecule has 21 heavy (non-hydrogen) atoms. The van der Waals surface area contributed by atoms with Crippen LogP contribution in [0.15, 0.2) is 35.3 Å². The zero-order valence-corrected chi connectivity index (χ0v) is 15.1. The van der Waals surface area contributed by atoms with Gasteiger partial charge in [0.15, 0.2) is 0 Å². The van der Waals surface area contributed by atoms with Crippen molar-refractivity contribution in [2.75, 3.05) is 26.2 Å². The maximum absolute atomic E-state index is 13.5. The van der Waals surface area contributed by atoms with Gasteiger partial charge in [0, 0.05) is 36.7 Å². The molecule has 0 amide bonds. The Kier molecular flexibility index (Phi) is 10.5. The number of rotatable bonds is 5. The van der Waals surface area contributed by atoms with Gasteiger partial charge in [-0.15, -0.1) is 31.4 Å². The van der Waals surface area contributed by atoms with Crippen LogP contribution >= 0.6 is 40.7 Å². The highest BCUT2D eigenvalue weighted by Gasteiger charge is 2.23. The number of halogens is 4. The monoisotopic (exact) mass is 398 g/mol. The molecule has 0 unspecified atom stereocenters. The van der Waals surface area contributed by atoms with Gasteiger partial charge in [0.1, 0.15) is 5.82 Å². The number of hydrogen-bond acceptors (Lipinski definition) is 2. The van der Waals surface area contributed by atoms with E-state index in [1.54, 1.807) is 12.1 Å². The van der Waals surface area contributed by atoms with E-state index in [0.717, 1.165) is 49.1 Å². The molecular weight excluding hydrogens is 378 g/mol. The minimum Gasteiger partial charge on any atom is -0.314 e. The molecule has 2 rings (SSSR count). The van der Waals surface area contributed by atoms with Crippen molar-refractivity contribution in [3.05, 3.63) is 46.7 Å². The van der Waals surface area contributed by atoms with E-state index in [9.17, 15) is 4.39 Å². The van der Waals surface area contributed by atoms with Crippen molar-refractivity contribution in [1.82, 2.24) is 10.2 Å². The second-order valence-corrected chi connectivity index (χ2v) is 5.69. The molecule has 2 nitrogen and oxygen atoms in total. The van der Waals surface area contributed by atoms with Crippen LogP contribution in [0, 0.1) is 5.82 Å². The molecule has 0 aliphatic carbocycles. The Morgan fingerprint density at radius 2 is 2.00 bits per heavy atom. The van der Waals surface area contributed by atoms with Crippen molar-refractivity contribution in [2.24, 2.45) is 0 Å². The highest BCUT2D eigenvalue weighted by molar-refractivity contribution is 9.10. The third-order valence-corrected chi connectivity index (χ3v) is 4.28. The van der Waals surface area contributed by atoms with E-state index in [1.165, 1.54) is 6.07 Å². The molecule has 120 valence electrons. The Balaban J connectivity index is 0.00000200. The average Bonchev–Trinajstić information content (AvgIpc) is 2.44. The lowest BCUT2D eigenvalue weighted by Gasteiger charge is -2.35. The van der Waals surface area contributed by atoms with Crippen molar-refractivity contribution < 1.29 is 4.39 Å². The highest BCUT2D eigenvalue weighted by atomic mass is 79.9. The van der Waals surface area contributed by atoms with E-state index in [-0.39, 0.29) is 36.7 Å². The summed E-state index contributed by atoms with van der Waals surface area (Å²) in [6.07, 6.45) is 3.85. The third-order valence-electron chi connectivity index (χ3n) is 3.55. The van der Waals surface area contributed by atoms with Crippen molar-refractivity contribution >= 4 is 40.7 Å². The molecular formula is C15H22BrCl2FN2. The van der Waals surface area contributed by atoms with Crippen LogP contribution in [0.2, 0.25) is 0 Å². The zero-order chi connectivity index (χ0) is 13.7. The predicted molar refractivity (Wildman–Crippen MR) is 95.2 cm³/mol. The summed E-state index contributed by atoms with van der Waals surface area (Å²) >= 11 is 3.55. The van der Waals surface area contributed by atoms with Crippen LogP contribution in [0.1, 0.15) is 24.4 Å². The molecule has 0 bridgehead atoms. The molecule has 0 radical (unpaired) electrons. The van der Waals surface area contributed by atoms with Gasteiger partial charge < -0.3 is 5.32 Å². The highest BCUT2D eigenvalue weighted by Crippen LogP contribution is 2.32. The Bertz CT molecular complexity index is 440. The number of benzene rings is 1. The number of nitrogens with zero attached hydrogens (tertiary/aromatic N) is 1. The number of nitrogens with one attached hydrogen (secondary N) is 1. The van der Waals surface area contributed by atoms with Gasteiger partial charge in [-0.3, -0.25) is 4.90 Å². The topological polar surface area (TPSA) is 15.3 Å². The Labute approximate surface area is 147 Å². The van der Waals surface area contributed by atoms with Crippen LogP contribution in [-0.2, 0) is 0 Å². The fourth-order valence-corrected chi connectivity index (χ4v) is 3.09. The van der Waals surface area contributed by atoms with Gasteiger partial charge in [-0.25, -0.2) is 4.39 Å². The molecule has 1 aliphatic heterocycles. The number of allylic oxidation sites excluding steroid dienone is 1. The van der Waals surface area contributed by atoms with Crippen LogP contribution in [0.4, 0.5) is 4.39 Å². The molecule has 0 saturated carbocycles. The summed E-state index contributed by atoms with van der Waals surface area (Å²) in [5.74, 6) is -0.170. The Morgan fingerprint density at radius 1 is 1.33 bits per heavy atom. The first-order chi connectivity index (χ1) is 9.22. The lowest BCUT2D eigenvalue weighted by Crippen LogP contribution is -2.45. The Morgan fingerprint density at radius 3 is 2.62 bits per heavy atom. The molecule has 0 aromatic heterocycles. The normalized spacial score (nSPS) is 16.5. The minimum absolute atomic E-state index is 0. The van der Waals surface area contributed by atoms with Gasteiger partial charge in [-0.1, -0.05) is 22.0 Å². The first-order valence-corrected chi connectivity index (χ1v) is 7.52. The number of hydrogen-bond donors (Lipinski definition) is 1. The molecule has 1 aromatic rings. The third kappa shape index (κ3) is 5.87. The number of piperazine rings is 1. The van der Waals surface area contributed by atoms with E-state index in [0.29, 0.717) is 0 Å². The maximum atomic E-state index is 13.5. The molecule has 1 atom stereocenters. The van der Waals surface area contributed by atoms with Gasteiger partial charge in [0.05, 0.1) is 0 Å². The second kappa shape index (κ2) is 10.6. The van der Waals surface area contributed by atoms with E-state index in [4.69, 9.17) is 0 Å². The van der Waals surface area contributed by atoms with Gasteiger partial charge in [0.2, 0.25) is 0 Å². The van der Waals surface area contributed by atoms with Crippen LogP contribution in [-0.4, -0.2) is 31.1 Å². The van der Waals surface area contributed by atoms with E-state index < -0.39 is 0 Å². The standard InChI is InChI=1S/C15H20BrFN2.2ClH/c1-2-3-4-15(19-9-7-18-8-10-19)13-11-12(17)5-6-14(13)16;;/h2,5-6,11,15,18H,1,3-4,7-10H2;2*1H/t15-;;/m1../s1. The summed E-state index contributed by atoms with van der Waals surface area (Å²) in [4.78, 5) is 2.43. The zero-order valence-electron chi connectivity index (χ0n) is 11.9. The fraction of sp³-hybridized carbons (Fsp3) is 0.467. The largest absolute Gasteiger partial charge is 0.314 e. The van der Waals surface area contributed by atoms with Crippen molar-refractivity contribution in [3.8, 4) is 0 Å². The Hall–Kier alpha value is -0.130. The van der Waals surface area contributed by atoms with Gasteiger partial charge in [-0.2, -0.15) is 0 Å². The van der Waals surface area contributed by atoms with E-state index >= 15 is 0 Å². The summed E-state index contributed by atoms with van der Waals surface area (Å²) in [5.41, 5.74) is 1.05. The van der Waals surface area contributed by atoms with Crippen LogP contribution in [0.5, 0.6) is 0 Å². The quantitative estimate of drug-likeness (QED) is 0.740. The summed E-state index contributed by atoms with van der Waals surface area (Å²) in [6.45, 7) is 7.80. The van der Waals surface area contributed by atoms with Gasteiger partial charge in [0.25, 0.3) is 0 Å². The smallest absolute Gasteiger partial charge is 0.123 e. The van der Waals surface area contributed by atoms with E-state index in [2.05, 4.69) is 32.7 Å². The summed E-state index contributed by atoms with van der Waals surface area (Å²) in [6, 6.07) is 5.20. The predicted octanol–water partition coefficient (Wildman–Crippen LogP) is 4.34. The van der Waals surface area contributed by atoms with Crippen LogP contribution < -0.4 is 5.32 Å². The lowest BCUT2D eigenvalue weighted by atomic mass is 9.99. The van der Waals surface area contributed by atoms with Gasteiger partial charge >= 0.3 is 0 Å². The maximum Gasteiger partial charge on any atom is 0.123 e. The molecule has 1 N–H and O–H groups in total. The van der Waals surface area contributed by atoms with Gasteiger partial charge in [-0.05, 0) is 36.6 Å². The molecule has 0 spiro atoms. The van der Waals surface area contributed by atoms with Crippen LogP contribution in [0.25, 0.3) is 0 Å². The fourth-order valence-electron chi connectivity index (χ4n) is 2.57. The molecule has 6 heteroatoms. The first kappa shape index (κ1) is 20.9. The second-order valence-electron chi connectivity index (χ2n) is 4.83. The van der Waals surface area contributed by atoms with Crippen molar-refractivity contribution in [1.29, 1.82) is 0 Å². The SMILES string of the molecule is C=CCC[C@H](c1cc(F)ccc1Br)N1CCNCC1.Cl.Cl. The molecule has 1 fully saturated rings. The lowest BCUT2D eigenvalue weighted by molar-refractivity contribution is 0.165. The molecule has 1 heterocycles. The minimum atomic E-state index is -0.170. The van der Waals surface area contributed by atoms with E-state index in [1.807, 2.05) is 6.08 Å².